The van der Waals surface area contributed by atoms with Crippen molar-refractivity contribution in [3.8, 4) is 0 Å². The van der Waals surface area contributed by atoms with Gasteiger partial charge in [-0.15, -0.1) is 0 Å². The molecule has 0 atom stereocenters. The van der Waals surface area contributed by atoms with E-state index in [-0.39, 0.29) is 11.9 Å². The van der Waals surface area contributed by atoms with Crippen molar-refractivity contribution in [1.29, 1.82) is 0 Å². The van der Waals surface area contributed by atoms with E-state index in [9.17, 15) is 4.79 Å². The molecule has 0 N–H and O–H groups in total. The van der Waals surface area contributed by atoms with E-state index in [4.69, 9.17) is 4.74 Å². The molecule has 0 saturated carbocycles. The maximum atomic E-state index is 11.4. The third kappa shape index (κ3) is 2.97. The number of hydrogen-bond donors (Lipinski definition) is 0. The van der Waals surface area contributed by atoms with E-state index in [1.807, 2.05) is 21.0 Å². The van der Waals surface area contributed by atoms with Gasteiger partial charge in [-0.1, -0.05) is 0 Å². The van der Waals surface area contributed by atoms with E-state index in [1.54, 1.807) is 0 Å². The van der Waals surface area contributed by atoms with E-state index in [0.717, 1.165) is 19.8 Å². The predicted octanol–water partition coefficient (Wildman–Crippen LogP) is 0.000400. The maximum Gasteiger partial charge on any atom is 0.311 e. The fourth-order valence-electron chi connectivity index (χ4n) is 1.75. The molecule has 0 aromatic heterocycles. The minimum atomic E-state index is -0.0686. The van der Waals surface area contributed by atoms with Crippen LogP contribution in [0.15, 0.2) is 0 Å². The molecule has 4 heteroatoms. The fraction of sp³-hybridized carbons (Fsp3) is 0.889. The van der Waals surface area contributed by atoms with Gasteiger partial charge in [0.1, 0.15) is 0 Å². The van der Waals surface area contributed by atoms with Crippen LogP contribution >= 0.6 is 0 Å². The van der Waals surface area contributed by atoms with E-state index < -0.39 is 0 Å². The van der Waals surface area contributed by atoms with Gasteiger partial charge in [-0.25, -0.2) is 0 Å². The molecule has 0 unspecified atom stereocenters. The molecule has 1 fully saturated rings. The molecule has 0 aromatic carbocycles. The molecule has 1 rings (SSSR count). The molecule has 0 aliphatic carbocycles. The summed E-state index contributed by atoms with van der Waals surface area (Å²) in [7, 11) is 4.03. The van der Waals surface area contributed by atoms with E-state index >= 15 is 0 Å². The Balaban J connectivity index is 2.45. The van der Waals surface area contributed by atoms with Crippen molar-refractivity contribution < 1.29 is 9.53 Å². The molecule has 13 heavy (non-hydrogen) atoms. The topological polar surface area (TPSA) is 32.8 Å². The van der Waals surface area contributed by atoms with Crippen molar-refractivity contribution in [2.75, 3.05) is 40.5 Å². The standard InChI is InChI=1S/C9H18N2O2/c1-4-13-9(12)8-5-10(2)7-11(3)6-8/h8H,4-7H2,1-3H3. The second kappa shape index (κ2) is 4.58. The molecular formula is C9H18N2O2. The van der Waals surface area contributed by atoms with Gasteiger partial charge >= 0.3 is 5.97 Å². The van der Waals surface area contributed by atoms with Gasteiger partial charge in [0.05, 0.1) is 19.2 Å². The molecule has 0 aromatic rings. The fourth-order valence-corrected chi connectivity index (χ4v) is 1.75. The summed E-state index contributed by atoms with van der Waals surface area (Å²) < 4.78 is 4.99. The monoisotopic (exact) mass is 186 g/mol. The van der Waals surface area contributed by atoms with Crippen molar-refractivity contribution in [2.45, 2.75) is 6.92 Å². The highest BCUT2D eigenvalue weighted by Gasteiger charge is 2.27. The van der Waals surface area contributed by atoms with Crippen LogP contribution in [0.25, 0.3) is 0 Å². The van der Waals surface area contributed by atoms with Crippen LogP contribution in [0.3, 0.4) is 0 Å². The molecule has 0 radical (unpaired) electrons. The second-order valence-corrected chi connectivity index (χ2v) is 3.67. The van der Waals surface area contributed by atoms with Crippen molar-refractivity contribution in [3.05, 3.63) is 0 Å². The largest absolute Gasteiger partial charge is 0.466 e. The van der Waals surface area contributed by atoms with Gasteiger partial charge in [-0.2, -0.15) is 0 Å². The average Bonchev–Trinajstić information content (AvgIpc) is 2.03. The second-order valence-electron chi connectivity index (χ2n) is 3.67. The molecule has 1 aliphatic heterocycles. The minimum Gasteiger partial charge on any atom is -0.466 e. The Labute approximate surface area is 79.4 Å². The highest BCUT2D eigenvalue weighted by molar-refractivity contribution is 5.73. The predicted molar refractivity (Wildman–Crippen MR) is 50.3 cm³/mol. The minimum absolute atomic E-state index is 0.0173. The van der Waals surface area contributed by atoms with Crippen molar-refractivity contribution in [3.63, 3.8) is 0 Å². The zero-order valence-electron chi connectivity index (χ0n) is 8.62. The Morgan fingerprint density at radius 2 is 1.92 bits per heavy atom. The highest BCUT2D eigenvalue weighted by atomic mass is 16.5. The lowest BCUT2D eigenvalue weighted by Crippen LogP contribution is -2.48. The first-order valence-corrected chi connectivity index (χ1v) is 4.67. The summed E-state index contributed by atoms with van der Waals surface area (Å²) in [5, 5.41) is 0. The van der Waals surface area contributed by atoms with Crippen molar-refractivity contribution >= 4 is 5.97 Å². The quantitative estimate of drug-likeness (QED) is 0.568. The summed E-state index contributed by atoms with van der Waals surface area (Å²) in [5.41, 5.74) is 0. The van der Waals surface area contributed by atoms with Gasteiger partial charge in [0.25, 0.3) is 0 Å². The van der Waals surface area contributed by atoms with Gasteiger partial charge < -0.3 is 4.74 Å². The Hall–Kier alpha value is -0.610. The molecule has 0 amide bonds. The molecule has 4 nitrogen and oxygen atoms in total. The van der Waals surface area contributed by atoms with Crippen LogP contribution in [-0.2, 0) is 9.53 Å². The Morgan fingerprint density at radius 3 is 2.38 bits per heavy atom. The summed E-state index contributed by atoms with van der Waals surface area (Å²) in [5.74, 6) is -0.0513. The van der Waals surface area contributed by atoms with E-state index in [2.05, 4.69) is 9.80 Å². The maximum absolute atomic E-state index is 11.4. The number of rotatable bonds is 2. The lowest BCUT2D eigenvalue weighted by atomic mass is 10.1. The van der Waals surface area contributed by atoms with Crippen molar-refractivity contribution in [2.24, 2.45) is 5.92 Å². The summed E-state index contributed by atoms with van der Waals surface area (Å²) in [6.07, 6.45) is 0. The van der Waals surface area contributed by atoms with Gasteiger partial charge in [-0.3, -0.25) is 14.6 Å². The number of carbonyl (C=O) groups is 1. The molecule has 1 aliphatic rings. The zero-order valence-corrected chi connectivity index (χ0v) is 8.62. The van der Waals surface area contributed by atoms with Crippen LogP contribution in [0, 0.1) is 5.92 Å². The first-order valence-electron chi connectivity index (χ1n) is 4.67. The Kier molecular flexibility index (Phi) is 3.69. The normalized spacial score (nSPS) is 21.8. The average molecular weight is 186 g/mol. The summed E-state index contributed by atoms with van der Waals surface area (Å²) in [4.78, 5) is 15.7. The smallest absolute Gasteiger partial charge is 0.311 e. The Morgan fingerprint density at radius 1 is 1.38 bits per heavy atom. The summed E-state index contributed by atoms with van der Waals surface area (Å²) in [6.45, 7) is 4.86. The number of esters is 1. The van der Waals surface area contributed by atoms with Gasteiger partial charge in [0, 0.05) is 13.1 Å². The van der Waals surface area contributed by atoms with Crippen LogP contribution < -0.4 is 0 Å². The van der Waals surface area contributed by atoms with Crippen LogP contribution in [0.2, 0.25) is 0 Å². The number of carbonyl (C=O) groups excluding carboxylic acids is 1. The van der Waals surface area contributed by atoms with Gasteiger partial charge in [-0.05, 0) is 21.0 Å². The Bertz CT molecular complexity index is 174. The number of ether oxygens (including phenoxy) is 1. The van der Waals surface area contributed by atoms with Gasteiger partial charge in [0.2, 0.25) is 0 Å². The number of hydrogen-bond acceptors (Lipinski definition) is 4. The van der Waals surface area contributed by atoms with Gasteiger partial charge in [0.15, 0.2) is 0 Å². The van der Waals surface area contributed by atoms with Crippen molar-refractivity contribution in [1.82, 2.24) is 9.80 Å². The third-order valence-electron chi connectivity index (χ3n) is 2.17. The van der Waals surface area contributed by atoms with E-state index in [0.29, 0.717) is 6.61 Å². The van der Waals surface area contributed by atoms with Crippen LogP contribution in [0.1, 0.15) is 6.92 Å². The molecule has 76 valence electrons. The van der Waals surface area contributed by atoms with E-state index in [1.165, 1.54) is 0 Å². The van der Waals surface area contributed by atoms with Crippen LogP contribution in [-0.4, -0.2) is 56.2 Å². The first kappa shape index (κ1) is 10.5. The zero-order chi connectivity index (χ0) is 9.84. The lowest BCUT2D eigenvalue weighted by Gasteiger charge is -2.34. The lowest BCUT2D eigenvalue weighted by molar-refractivity contribution is -0.151. The van der Waals surface area contributed by atoms with Crippen LogP contribution in [0.5, 0.6) is 0 Å². The molecule has 1 saturated heterocycles. The molecule has 0 spiro atoms. The molecule has 0 bridgehead atoms. The number of nitrogens with zero attached hydrogens (tertiary/aromatic N) is 2. The molecule has 1 heterocycles. The highest BCUT2D eigenvalue weighted by Crippen LogP contribution is 2.10. The first-order chi connectivity index (χ1) is 6.13. The third-order valence-corrected chi connectivity index (χ3v) is 2.17. The van der Waals surface area contributed by atoms with Crippen LogP contribution in [0.4, 0.5) is 0 Å². The summed E-state index contributed by atoms with van der Waals surface area (Å²) >= 11 is 0. The molecular weight excluding hydrogens is 168 g/mol. The summed E-state index contributed by atoms with van der Waals surface area (Å²) in [6, 6.07) is 0. The SMILES string of the molecule is CCOC(=O)C1CN(C)CN(C)C1.